The van der Waals surface area contributed by atoms with E-state index in [9.17, 15) is 0 Å². The smallest absolute Gasteiger partial charge is 0.0997 e. The lowest BCUT2D eigenvalue weighted by atomic mass is 10.2. The largest absolute Gasteiger partial charge is 0.295 e. The van der Waals surface area contributed by atoms with Crippen LogP contribution in [-0.4, -0.2) is 23.7 Å². The lowest BCUT2D eigenvalue weighted by Gasteiger charge is -2.00. The molecule has 2 atom stereocenters. The highest BCUT2D eigenvalue weighted by Gasteiger charge is 2.33. The molecule has 2 aliphatic rings. The van der Waals surface area contributed by atoms with Crippen molar-refractivity contribution in [2.45, 2.75) is 12.1 Å². The monoisotopic (exact) mass is 149 g/mol. The van der Waals surface area contributed by atoms with E-state index in [1.54, 1.807) is 0 Å². The Morgan fingerprint density at radius 2 is 2.50 bits per heavy atom. The van der Waals surface area contributed by atoms with Crippen LogP contribution < -0.4 is 4.72 Å². The molecule has 0 aromatic heterocycles. The van der Waals surface area contributed by atoms with Crippen LogP contribution in [0.4, 0.5) is 0 Å². The number of hydrogen-bond donors (Lipinski definition) is 1. The van der Waals surface area contributed by atoms with Crippen molar-refractivity contribution in [3.05, 3.63) is 0 Å². The molecule has 0 aromatic carbocycles. The van der Waals surface area contributed by atoms with Crippen LogP contribution in [0.5, 0.6) is 0 Å². The molecule has 2 heterocycles. The van der Waals surface area contributed by atoms with E-state index in [-0.39, 0.29) is 0 Å². The maximum atomic E-state index is 5.26. The van der Waals surface area contributed by atoms with E-state index in [0.29, 0.717) is 12.1 Å². The van der Waals surface area contributed by atoms with E-state index in [2.05, 4.69) is 4.72 Å². The van der Waals surface area contributed by atoms with Crippen molar-refractivity contribution in [1.29, 1.82) is 0 Å². The summed E-state index contributed by atoms with van der Waals surface area (Å²) in [7, 11) is 0. The second-order valence-electron chi connectivity index (χ2n) is 1.98. The predicted molar refractivity (Wildman–Crippen MR) is 36.7 cm³/mol. The minimum Gasteiger partial charge on any atom is -0.295 e. The first-order valence-electron chi connectivity index (χ1n) is 2.62. The van der Waals surface area contributed by atoms with Gasteiger partial charge in [0.25, 0.3) is 0 Å². The zero-order chi connectivity index (χ0) is 5.40. The second kappa shape index (κ2) is 2.10. The van der Waals surface area contributed by atoms with E-state index in [1.807, 2.05) is 11.8 Å². The first kappa shape index (κ1) is 5.41. The third kappa shape index (κ3) is 0.757. The van der Waals surface area contributed by atoms with Gasteiger partial charge in [-0.1, -0.05) is 0 Å². The van der Waals surface area contributed by atoms with Crippen LogP contribution in [0.1, 0.15) is 0 Å². The average Bonchev–Trinajstić information content (AvgIpc) is 2.15. The Hall–Kier alpha value is 0.620. The predicted octanol–water partition coefficient (Wildman–Crippen LogP) is 0.653. The number of nitrogens with one attached hydrogen (secondary N) is 1. The van der Waals surface area contributed by atoms with Crippen molar-refractivity contribution in [3.63, 3.8) is 0 Å². The summed E-state index contributed by atoms with van der Waals surface area (Å²) < 4.78 is 8.45. The topological polar surface area (TPSA) is 21.3 Å². The minimum absolute atomic E-state index is 0.491. The fraction of sp³-hybridized carbons (Fsp3) is 1.00. The Morgan fingerprint density at radius 3 is 3.38 bits per heavy atom. The summed E-state index contributed by atoms with van der Waals surface area (Å²) in [5, 5.41) is 0. The number of fused-ring (bicyclic) bond motifs is 1. The molecule has 4 heteroatoms. The first-order chi connectivity index (χ1) is 3.97. The van der Waals surface area contributed by atoms with Crippen LogP contribution in [0.2, 0.25) is 0 Å². The number of hydrogen-bond acceptors (Lipinski definition) is 4. The van der Waals surface area contributed by atoms with E-state index in [4.69, 9.17) is 4.18 Å². The summed E-state index contributed by atoms with van der Waals surface area (Å²) in [6.45, 7) is 0. The van der Waals surface area contributed by atoms with Gasteiger partial charge in [-0.05, 0) is 0 Å². The summed E-state index contributed by atoms with van der Waals surface area (Å²) in [5.41, 5.74) is 0. The van der Waals surface area contributed by atoms with Crippen LogP contribution >= 0.6 is 24.0 Å². The van der Waals surface area contributed by atoms with Crippen LogP contribution in [-0.2, 0) is 4.18 Å². The van der Waals surface area contributed by atoms with Crippen molar-refractivity contribution in [2.75, 3.05) is 11.5 Å². The molecule has 8 heavy (non-hydrogen) atoms. The average molecular weight is 149 g/mol. The molecule has 0 radical (unpaired) electrons. The summed E-state index contributed by atoms with van der Waals surface area (Å²) >= 11 is 3.37. The van der Waals surface area contributed by atoms with Crippen molar-refractivity contribution < 1.29 is 4.18 Å². The number of thioether (sulfide) groups is 1. The maximum absolute atomic E-state index is 5.26. The van der Waals surface area contributed by atoms with Crippen molar-refractivity contribution in [1.82, 2.24) is 4.72 Å². The summed E-state index contributed by atoms with van der Waals surface area (Å²) in [6, 6.07) is 0.630. The van der Waals surface area contributed by atoms with Crippen molar-refractivity contribution >= 4 is 24.0 Å². The second-order valence-corrected chi connectivity index (χ2v) is 3.65. The molecular weight excluding hydrogens is 142 g/mol. The third-order valence-corrected chi connectivity index (χ3v) is 3.30. The zero-order valence-electron chi connectivity index (χ0n) is 4.29. The minimum atomic E-state index is 0.491. The van der Waals surface area contributed by atoms with Gasteiger partial charge in [0, 0.05) is 11.5 Å². The van der Waals surface area contributed by atoms with Gasteiger partial charge in [-0.15, -0.1) is 0 Å². The molecule has 0 bridgehead atoms. The van der Waals surface area contributed by atoms with Gasteiger partial charge in [-0.2, -0.15) is 11.8 Å². The molecule has 2 nitrogen and oxygen atoms in total. The van der Waals surface area contributed by atoms with Gasteiger partial charge < -0.3 is 0 Å². The fourth-order valence-electron chi connectivity index (χ4n) is 0.891. The molecule has 0 amide bonds. The normalized spacial score (nSPS) is 45.0. The molecule has 2 saturated heterocycles. The van der Waals surface area contributed by atoms with Crippen molar-refractivity contribution in [2.24, 2.45) is 0 Å². The molecule has 2 rings (SSSR count). The van der Waals surface area contributed by atoms with E-state index >= 15 is 0 Å². The lowest BCUT2D eigenvalue weighted by Crippen LogP contribution is -2.26. The Labute approximate surface area is 57.1 Å². The van der Waals surface area contributed by atoms with Crippen LogP contribution in [0.25, 0.3) is 0 Å². The van der Waals surface area contributed by atoms with Gasteiger partial charge in [0.15, 0.2) is 0 Å². The van der Waals surface area contributed by atoms with Crippen molar-refractivity contribution in [3.8, 4) is 0 Å². The highest BCUT2D eigenvalue weighted by Crippen LogP contribution is 2.29. The molecular formula is C4H7NOS2. The summed E-state index contributed by atoms with van der Waals surface area (Å²) in [6.07, 6.45) is 0.491. The SMILES string of the molecule is C1SCC2OSNC12. The van der Waals surface area contributed by atoms with E-state index in [0.717, 1.165) is 0 Å². The quantitative estimate of drug-likeness (QED) is 0.403. The molecule has 0 spiro atoms. The Bertz CT molecular complexity index is 80.0. The van der Waals surface area contributed by atoms with Gasteiger partial charge in [0.2, 0.25) is 0 Å². The van der Waals surface area contributed by atoms with E-state index < -0.39 is 0 Å². The van der Waals surface area contributed by atoms with Crippen LogP contribution in [0.15, 0.2) is 0 Å². The summed E-state index contributed by atoms with van der Waals surface area (Å²) in [5.74, 6) is 2.39. The Kier molecular flexibility index (Phi) is 1.42. The highest BCUT2D eigenvalue weighted by atomic mass is 32.2. The molecule has 0 aliphatic carbocycles. The maximum Gasteiger partial charge on any atom is 0.0997 e. The molecule has 46 valence electrons. The van der Waals surface area contributed by atoms with Gasteiger partial charge in [0.05, 0.1) is 24.4 Å². The fourth-order valence-corrected chi connectivity index (χ4v) is 3.04. The first-order valence-corrected chi connectivity index (χ1v) is 4.52. The lowest BCUT2D eigenvalue weighted by molar-refractivity contribution is 0.279. The molecule has 2 unspecified atom stereocenters. The van der Waals surface area contributed by atoms with Crippen LogP contribution in [0.3, 0.4) is 0 Å². The van der Waals surface area contributed by atoms with Gasteiger partial charge in [-0.25, -0.2) is 4.72 Å². The standard InChI is InChI=1S/C4H7NOS2/c1-3-4(2-7-1)6-8-5-3/h3-5H,1-2H2. The van der Waals surface area contributed by atoms with Crippen LogP contribution in [0, 0.1) is 0 Å². The molecule has 0 saturated carbocycles. The Balaban J connectivity index is 2.04. The molecule has 2 aliphatic heterocycles. The molecule has 0 aromatic rings. The van der Waals surface area contributed by atoms with Gasteiger partial charge in [0.1, 0.15) is 0 Å². The van der Waals surface area contributed by atoms with Gasteiger partial charge >= 0.3 is 0 Å². The zero-order valence-corrected chi connectivity index (χ0v) is 5.93. The molecule has 1 N–H and O–H groups in total. The number of rotatable bonds is 0. The molecule has 2 fully saturated rings. The summed E-state index contributed by atoms with van der Waals surface area (Å²) in [4.78, 5) is 0. The third-order valence-electron chi connectivity index (χ3n) is 1.40. The van der Waals surface area contributed by atoms with Gasteiger partial charge in [-0.3, -0.25) is 4.18 Å². The van der Waals surface area contributed by atoms with E-state index in [1.165, 1.54) is 23.7 Å². The highest BCUT2D eigenvalue weighted by molar-refractivity contribution is 8.00. The Morgan fingerprint density at radius 1 is 1.50 bits per heavy atom.